The van der Waals surface area contributed by atoms with Gasteiger partial charge in [-0.2, -0.15) is 0 Å². The summed E-state index contributed by atoms with van der Waals surface area (Å²) in [5.41, 5.74) is 2.03. The Hall–Kier alpha value is -3.06. The number of benzene rings is 2. The molecule has 1 heterocycles. The standard InChI is InChI=1S/C20H23N3O3.C2H6O/c1-20(2,3)22-19(25)21-15-9-10-16-17(11-15)26-13-18(24)23(16)12-14-7-5-4-6-8-14;1-3-2/h4-11H,12-13H2,1-3H3,(H2,21,22,25);1-2H3. The van der Waals surface area contributed by atoms with Crippen LogP contribution in [0.3, 0.4) is 0 Å². The summed E-state index contributed by atoms with van der Waals surface area (Å²) in [5, 5.41) is 5.63. The molecule has 7 nitrogen and oxygen atoms in total. The number of rotatable bonds is 3. The van der Waals surface area contributed by atoms with Crippen LogP contribution in [0.5, 0.6) is 5.75 Å². The van der Waals surface area contributed by atoms with Gasteiger partial charge in [-0.3, -0.25) is 4.79 Å². The van der Waals surface area contributed by atoms with E-state index in [1.54, 1.807) is 37.3 Å². The molecule has 0 saturated heterocycles. The molecular weight excluding hydrogens is 370 g/mol. The Labute approximate surface area is 172 Å². The van der Waals surface area contributed by atoms with Crippen LogP contribution < -0.4 is 20.3 Å². The first-order valence-electron chi connectivity index (χ1n) is 9.34. The number of amides is 3. The van der Waals surface area contributed by atoms with Crippen LogP contribution in [0.4, 0.5) is 16.2 Å². The van der Waals surface area contributed by atoms with E-state index >= 15 is 0 Å². The number of ether oxygens (including phenoxy) is 2. The molecular formula is C22H29N3O4. The molecule has 3 amide bonds. The molecule has 1 aliphatic heterocycles. The van der Waals surface area contributed by atoms with Gasteiger partial charge in [-0.05, 0) is 38.5 Å². The van der Waals surface area contributed by atoms with Crippen LogP contribution in [0.2, 0.25) is 0 Å². The van der Waals surface area contributed by atoms with Gasteiger partial charge in [0.2, 0.25) is 0 Å². The van der Waals surface area contributed by atoms with E-state index in [4.69, 9.17) is 4.74 Å². The summed E-state index contributed by atoms with van der Waals surface area (Å²) in [5.74, 6) is 0.488. The minimum atomic E-state index is -0.326. The van der Waals surface area contributed by atoms with E-state index in [9.17, 15) is 9.59 Å². The second-order valence-corrected chi connectivity index (χ2v) is 7.67. The van der Waals surface area contributed by atoms with Crippen molar-refractivity contribution < 1.29 is 19.1 Å². The summed E-state index contributed by atoms with van der Waals surface area (Å²) < 4.78 is 9.81. The average molecular weight is 399 g/mol. The summed E-state index contributed by atoms with van der Waals surface area (Å²) in [4.78, 5) is 26.0. The smallest absolute Gasteiger partial charge is 0.319 e. The number of carbonyl (C=O) groups excluding carboxylic acids is 2. The molecule has 2 N–H and O–H groups in total. The quantitative estimate of drug-likeness (QED) is 0.823. The number of fused-ring (bicyclic) bond motifs is 1. The maximum atomic E-state index is 12.3. The fraction of sp³-hybridized carbons (Fsp3) is 0.364. The van der Waals surface area contributed by atoms with Gasteiger partial charge in [0.25, 0.3) is 5.91 Å². The molecule has 0 atom stereocenters. The zero-order valence-electron chi connectivity index (χ0n) is 17.6. The van der Waals surface area contributed by atoms with Crippen LogP contribution in [0.25, 0.3) is 0 Å². The van der Waals surface area contributed by atoms with Gasteiger partial charge in [0.05, 0.1) is 12.2 Å². The molecule has 0 unspecified atom stereocenters. The second kappa shape index (κ2) is 9.93. The van der Waals surface area contributed by atoms with Crippen LogP contribution in [-0.4, -0.2) is 38.3 Å². The van der Waals surface area contributed by atoms with Gasteiger partial charge in [0.15, 0.2) is 6.61 Å². The SMILES string of the molecule is CC(C)(C)NC(=O)Nc1ccc2c(c1)OCC(=O)N2Cc1ccccc1.COC. The van der Waals surface area contributed by atoms with Gasteiger partial charge in [0.1, 0.15) is 5.75 Å². The Morgan fingerprint density at radius 1 is 1.14 bits per heavy atom. The molecule has 0 saturated carbocycles. The fourth-order valence-electron chi connectivity index (χ4n) is 2.72. The Morgan fingerprint density at radius 3 is 2.41 bits per heavy atom. The Balaban J connectivity index is 0.000000941. The largest absolute Gasteiger partial charge is 0.481 e. The van der Waals surface area contributed by atoms with E-state index in [0.717, 1.165) is 5.56 Å². The van der Waals surface area contributed by atoms with Gasteiger partial charge in [-0.25, -0.2) is 4.79 Å². The molecule has 1 aliphatic rings. The van der Waals surface area contributed by atoms with Crippen molar-refractivity contribution in [3.8, 4) is 5.75 Å². The van der Waals surface area contributed by atoms with E-state index in [1.165, 1.54) is 0 Å². The minimum absolute atomic E-state index is 0.0164. The zero-order chi connectivity index (χ0) is 21.4. The zero-order valence-corrected chi connectivity index (χ0v) is 17.6. The number of nitrogens with zero attached hydrogens (tertiary/aromatic N) is 1. The van der Waals surface area contributed by atoms with E-state index in [0.29, 0.717) is 23.7 Å². The number of methoxy groups -OCH3 is 1. The van der Waals surface area contributed by atoms with E-state index in [-0.39, 0.29) is 24.1 Å². The topological polar surface area (TPSA) is 79.9 Å². The monoisotopic (exact) mass is 399 g/mol. The minimum Gasteiger partial charge on any atom is -0.481 e. The lowest BCUT2D eigenvalue weighted by molar-refractivity contribution is -0.121. The molecule has 29 heavy (non-hydrogen) atoms. The highest BCUT2D eigenvalue weighted by Gasteiger charge is 2.26. The maximum absolute atomic E-state index is 12.3. The third-order valence-corrected chi connectivity index (χ3v) is 3.83. The Kier molecular flexibility index (Phi) is 7.61. The van der Waals surface area contributed by atoms with Crippen LogP contribution >= 0.6 is 0 Å². The lowest BCUT2D eigenvalue weighted by atomic mass is 10.1. The lowest BCUT2D eigenvalue weighted by Gasteiger charge is -2.30. The molecule has 0 fully saturated rings. The number of urea groups is 1. The normalized spacial score (nSPS) is 12.9. The van der Waals surface area contributed by atoms with Crippen molar-refractivity contribution in [1.82, 2.24) is 5.32 Å². The Bertz CT molecular complexity index is 832. The summed E-state index contributed by atoms with van der Waals surface area (Å²) in [7, 11) is 3.25. The molecule has 3 rings (SSSR count). The highest BCUT2D eigenvalue weighted by molar-refractivity contribution is 5.98. The molecule has 0 aliphatic carbocycles. The van der Waals surface area contributed by atoms with Crippen molar-refractivity contribution in [2.24, 2.45) is 0 Å². The van der Waals surface area contributed by atoms with Gasteiger partial charge in [-0.1, -0.05) is 30.3 Å². The molecule has 2 aromatic carbocycles. The van der Waals surface area contributed by atoms with Crippen molar-refractivity contribution >= 4 is 23.3 Å². The first-order valence-corrected chi connectivity index (χ1v) is 9.34. The van der Waals surface area contributed by atoms with E-state index in [1.807, 2.05) is 51.1 Å². The van der Waals surface area contributed by atoms with Crippen LogP contribution in [0.15, 0.2) is 48.5 Å². The molecule has 156 valence electrons. The maximum Gasteiger partial charge on any atom is 0.319 e. The summed E-state index contributed by atoms with van der Waals surface area (Å²) in [6.45, 7) is 6.20. The van der Waals surface area contributed by atoms with Crippen LogP contribution in [0.1, 0.15) is 26.3 Å². The lowest BCUT2D eigenvalue weighted by Crippen LogP contribution is -2.43. The summed E-state index contributed by atoms with van der Waals surface area (Å²) in [6.07, 6.45) is 0. The highest BCUT2D eigenvalue weighted by atomic mass is 16.5. The third-order valence-electron chi connectivity index (χ3n) is 3.83. The third kappa shape index (κ3) is 6.80. The van der Waals surface area contributed by atoms with Crippen molar-refractivity contribution in [2.75, 3.05) is 31.0 Å². The fourth-order valence-corrected chi connectivity index (χ4v) is 2.72. The van der Waals surface area contributed by atoms with Crippen LogP contribution in [-0.2, 0) is 16.1 Å². The highest BCUT2D eigenvalue weighted by Crippen LogP contribution is 2.35. The number of anilines is 2. The molecule has 0 spiro atoms. The molecule has 0 aromatic heterocycles. The average Bonchev–Trinajstić information content (AvgIpc) is 2.64. The van der Waals surface area contributed by atoms with Crippen molar-refractivity contribution in [1.29, 1.82) is 0 Å². The van der Waals surface area contributed by atoms with Crippen molar-refractivity contribution in [3.63, 3.8) is 0 Å². The van der Waals surface area contributed by atoms with Gasteiger partial charge in [-0.15, -0.1) is 0 Å². The number of hydrogen-bond donors (Lipinski definition) is 2. The number of carbonyl (C=O) groups is 2. The van der Waals surface area contributed by atoms with E-state index < -0.39 is 0 Å². The van der Waals surface area contributed by atoms with Crippen molar-refractivity contribution in [2.45, 2.75) is 32.9 Å². The number of hydrogen-bond acceptors (Lipinski definition) is 4. The summed E-state index contributed by atoms with van der Waals surface area (Å²) >= 11 is 0. The molecule has 2 aromatic rings. The molecule has 7 heteroatoms. The first kappa shape index (κ1) is 22.2. The van der Waals surface area contributed by atoms with E-state index in [2.05, 4.69) is 15.4 Å². The van der Waals surface area contributed by atoms with Gasteiger partial charge < -0.3 is 25.0 Å². The van der Waals surface area contributed by atoms with Gasteiger partial charge >= 0.3 is 6.03 Å². The number of nitrogens with one attached hydrogen (secondary N) is 2. The molecule has 0 bridgehead atoms. The predicted octanol–water partition coefficient (Wildman–Crippen LogP) is 3.79. The second-order valence-electron chi connectivity index (χ2n) is 7.67. The Morgan fingerprint density at radius 2 is 1.79 bits per heavy atom. The van der Waals surface area contributed by atoms with Crippen LogP contribution in [0, 0.1) is 0 Å². The summed E-state index contributed by atoms with van der Waals surface area (Å²) in [6, 6.07) is 14.8. The van der Waals surface area contributed by atoms with Crippen molar-refractivity contribution in [3.05, 3.63) is 54.1 Å². The molecule has 0 radical (unpaired) electrons. The predicted molar refractivity (Wildman–Crippen MR) is 114 cm³/mol. The first-order chi connectivity index (χ1) is 13.7. The van der Waals surface area contributed by atoms with Gasteiger partial charge in [0, 0.05) is 31.5 Å².